The van der Waals surface area contributed by atoms with E-state index in [1.165, 1.54) is 6.33 Å². The van der Waals surface area contributed by atoms with Gasteiger partial charge in [-0.05, 0) is 6.42 Å². The molecule has 1 saturated heterocycles. The molecule has 0 spiro atoms. The van der Waals surface area contributed by atoms with Crippen LogP contribution in [0.25, 0.3) is 0 Å². The Morgan fingerprint density at radius 2 is 2.47 bits per heavy atom. The number of anilines is 1. The van der Waals surface area contributed by atoms with E-state index in [9.17, 15) is 4.79 Å². The van der Waals surface area contributed by atoms with Gasteiger partial charge in [-0.25, -0.2) is 14.8 Å². The van der Waals surface area contributed by atoms with Crippen LogP contribution in [0.4, 0.5) is 5.82 Å². The molecule has 1 fully saturated rings. The van der Waals surface area contributed by atoms with E-state index in [0.717, 1.165) is 12.1 Å². The van der Waals surface area contributed by atoms with Gasteiger partial charge >= 0.3 is 5.97 Å². The molecule has 2 rings (SSSR count). The van der Waals surface area contributed by atoms with Crippen molar-refractivity contribution in [3.8, 4) is 0 Å². The van der Waals surface area contributed by atoms with Crippen LogP contribution in [-0.2, 0) is 16.0 Å². The predicted molar refractivity (Wildman–Crippen MR) is 61.0 cm³/mol. The van der Waals surface area contributed by atoms with Crippen molar-refractivity contribution in [3.05, 3.63) is 18.1 Å². The minimum Gasteiger partial charge on any atom is -0.480 e. The maximum atomic E-state index is 11.1. The quantitative estimate of drug-likeness (QED) is 0.816. The van der Waals surface area contributed by atoms with Crippen LogP contribution in [-0.4, -0.2) is 46.8 Å². The molecular weight excluding hydrogens is 222 g/mol. The summed E-state index contributed by atoms with van der Waals surface area (Å²) in [6.45, 7) is 3.26. The van der Waals surface area contributed by atoms with Crippen LogP contribution in [0, 0.1) is 0 Å². The molecule has 17 heavy (non-hydrogen) atoms. The summed E-state index contributed by atoms with van der Waals surface area (Å²) >= 11 is 0. The predicted octanol–water partition coefficient (Wildman–Crippen LogP) is 0.329. The molecule has 0 amide bonds. The molecule has 0 radical (unpaired) electrons. The van der Waals surface area contributed by atoms with Gasteiger partial charge in [-0.2, -0.15) is 0 Å². The highest BCUT2D eigenvalue weighted by Gasteiger charge is 2.30. The van der Waals surface area contributed by atoms with Crippen molar-refractivity contribution < 1.29 is 14.6 Å². The molecule has 1 aliphatic rings. The number of aromatic nitrogens is 2. The molecule has 6 nitrogen and oxygen atoms in total. The summed E-state index contributed by atoms with van der Waals surface area (Å²) < 4.78 is 5.19. The molecule has 1 unspecified atom stereocenters. The van der Waals surface area contributed by atoms with E-state index < -0.39 is 12.0 Å². The summed E-state index contributed by atoms with van der Waals surface area (Å²) in [6.07, 6.45) is 2.28. The molecule has 0 aromatic carbocycles. The highest BCUT2D eigenvalue weighted by Crippen LogP contribution is 2.17. The van der Waals surface area contributed by atoms with Gasteiger partial charge in [0.15, 0.2) is 6.04 Å². The second-order valence-corrected chi connectivity index (χ2v) is 3.84. The van der Waals surface area contributed by atoms with Gasteiger partial charge in [-0.15, -0.1) is 0 Å². The molecule has 0 bridgehead atoms. The number of carbonyl (C=O) groups is 1. The van der Waals surface area contributed by atoms with Crippen molar-refractivity contribution in [2.75, 3.05) is 24.7 Å². The van der Waals surface area contributed by atoms with Gasteiger partial charge in [0, 0.05) is 18.3 Å². The third kappa shape index (κ3) is 2.52. The Balaban J connectivity index is 2.26. The zero-order valence-electron chi connectivity index (χ0n) is 9.67. The van der Waals surface area contributed by atoms with E-state index >= 15 is 0 Å². The van der Waals surface area contributed by atoms with E-state index in [1.54, 1.807) is 4.90 Å². The zero-order valence-corrected chi connectivity index (χ0v) is 9.67. The lowest BCUT2D eigenvalue weighted by Gasteiger charge is -2.33. The number of ether oxygens (including phenoxy) is 1. The second-order valence-electron chi connectivity index (χ2n) is 3.84. The van der Waals surface area contributed by atoms with Crippen molar-refractivity contribution in [2.45, 2.75) is 19.4 Å². The molecule has 1 aliphatic heterocycles. The largest absolute Gasteiger partial charge is 0.480 e. The summed E-state index contributed by atoms with van der Waals surface area (Å²) in [7, 11) is 0. The number of hydrogen-bond donors (Lipinski definition) is 1. The Kier molecular flexibility index (Phi) is 3.53. The minimum atomic E-state index is -0.888. The monoisotopic (exact) mass is 237 g/mol. The zero-order chi connectivity index (χ0) is 12.3. The maximum Gasteiger partial charge on any atom is 0.328 e. The number of aryl methyl sites for hydroxylation is 1. The fourth-order valence-electron chi connectivity index (χ4n) is 1.82. The van der Waals surface area contributed by atoms with E-state index in [0.29, 0.717) is 19.0 Å². The Bertz CT molecular complexity index is 411. The Labute approximate surface area is 99.2 Å². The third-order valence-corrected chi connectivity index (χ3v) is 2.78. The van der Waals surface area contributed by atoms with Gasteiger partial charge in [0.2, 0.25) is 0 Å². The third-order valence-electron chi connectivity index (χ3n) is 2.78. The SMILES string of the molecule is CCc1cc(N2CCOCC2C(=O)O)ncn1. The van der Waals surface area contributed by atoms with Gasteiger partial charge in [0.1, 0.15) is 12.1 Å². The van der Waals surface area contributed by atoms with Crippen molar-refractivity contribution in [3.63, 3.8) is 0 Å². The number of rotatable bonds is 3. The summed E-state index contributed by atoms with van der Waals surface area (Å²) in [4.78, 5) is 21.1. The first-order valence-electron chi connectivity index (χ1n) is 5.60. The molecule has 6 heteroatoms. The first-order valence-corrected chi connectivity index (χ1v) is 5.60. The fourth-order valence-corrected chi connectivity index (χ4v) is 1.82. The van der Waals surface area contributed by atoms with Crippen LogP contribution >= 0.6 is 0 Å². The first kappa shape index (κ1) is 11.8. The standard InChI is InChI=1S/C11H15N3O3/c1-2-8-5-10(13-7-12-8)14-3-4-17-6-9(14)11(15)16/h5,7,9H,2-4,6H2,1H3,(H,15,16). The van der Waals surface area contributed by atoms with Crippen LogP contribution in [0.1, 0.15) is 12.6 Å². The molecule has 2 heterocycles. The van der Waals surface area contributed by atoms with Crippen molar-refractivity contribution in [1.82, 2.24) is 9.97 Å². The molecule has 0 saturated carbocycles. The lowest BCUT2D eigenvalue weighted by atomic mass is 10.2. The van der Waals surface area contributed by atoms with E-state index in [1.807, 2.05) is 13.0 Å². The molecule has 0 aliphatic carbocycles. The average molecular weight is 237 g/mol. The summed E-state index contributed by atoms with van der Waals surface area (Å²) in [5.74, 6) is -0.228. The minimum absolute atomic E-state index is 0.195. The number of carboxylic acids is 1. The lowest BCUT2D eigenvalue weighted by Crippen LogP contribution is -2.50. The van der Waals surface area contributed by atoms with Gasteiger partial charge < -0.3 is 14.7 Å². The fraction of sp³-hybridized carbons (Fsp3) is 0.545. The summed E-state index contributed by atoms with van der Waals surface area (Å²) in [6, 6.07) is 1.17. The van der Waals surface area contributed by atoms with Crippen LogP contribution < -0.4 is 4.90 Å². The summed E-state index contributed by atoms with van der Waals surface area (Å²) in [5, 5.41) is 9.13. The van der Waals surface area contributed by atoms with Crippen molar-refractivity contribution in [1.29, 1.82) is 0 Å². The first-order chi connectivity index (χ1) is 8.22. The van der Waals surface area contributed by atoms with Gasteiger partial charge in [-0.1, -0.05) is 6.92 Å². The molecule has 1 aromatic heterocycles. The van der Waals surface area contributed by atoms with E-state index in [4.69, 9.17) is 9.84 Å². The van der Waals surface area contributed by atoms with Crippen molar-refractivity contribution >= 4 is 11.8 Å². The molecule has 92 valence electrons. The smallest absolute Gasteiger partial charge is 0.328 e. The molecule has 1 aromatic rings. The van der Waals surface area contributed by atoms with Crippen LogP contribution in [0.15, 0.2) is 12.4 Å². The van der Waals surface area contributed by atoms with Gasteiger partial charge in [-0.3, -0.25) is 0 Å². The Hall–Kier alpha value is -1.69. The normalized spacial score (nSPS) is 20.3. The molecule has 1 N–H and O–H groups in total. The average Bonchev–Trinajstić information content (AvgIpc) is 2.39. The number of aliphatic carboxylic acids is 1. The summed E-state index contributed by atoms with van der Waals surface area (Å²) in [5.41, 5.74) is 0.908. The highest BCUT2D eigenvalue weighted by atomic mass is 16.5. The van der Waals surface area contributed by atoms with E-state index in [-0.39, 0.29) is 6.61 Å². The Morgan fingerprint density at radius 3 is 3.18 bits per heavy atom. The number of nitrogens with zero attached hydrogens (tertiary/aromatic N) is 3. The number of carboxylic acid groups (broad SMARTS) is 1. The lowest BCUT2D eigenvalue weighted by molar-refractivity contribution is -0.141. The highest BCUT2D eigenvalue weighted by molar-refractivity contribution is 5.78. The number of morpholine rings is 1. The topological polar surface area (TPSA) is 75.5 Å². The van der Waals surface area contributed by atoms with Crippen LogP contribution in [0.3, 0.4) is 0 Å². The van der Waals surface area contributed by atoms with E-state index in [2.05, 4.69) is 9.97 Å². The van der Waals surface area contributed by atoms with Crippen LogP contribution in [0.2, 0.25) is 0 Å². The second kappa shape index (κ2) is 5.09. The maximum absolute atomic E-state index is 11.1. The Morgan fingerprint density at radius 1 is 1.65 bits per heavy atom. The number of hydrogen-bond acceptors (Lipinski definition) is 5. The van der Waals surface area contributed by atoms with Gasteiger partial charge in [0.25, 0.3) is 0 Å². The molecule has 1 atom stereocenters. The van der Waals surface area contributed by atoms with Crippen molar-refractivity contribution in [2.24, 2.45) is 0 Å². The van der Waals surface area contributed by atoms with Crippen LogP contribution in [0.5, 0.6) is 0 Å². The molecular formula is C11H15N3O3. The van der Waals surface area contributed by atoms with Gasteiger partial charge in [0.05, 0.1) is 13.2 Å².